The molecule has 0 radical (unpaired) electrons. The molecule has 4 nitrogen and oxygen atoms in total. The van der Waals surface area contributed by atoms with Gasteiger partial charge in [0, 0.05) is 12.7 Å². The summed E-state index contributed by atoms with van der Waals surface area (Å²) in [5.41, 5.74) is 2.77. The molecular formula is C11H12F3NO3. The Morgan fingerprint density at radius 3 is 2.39 bits per heavy atom. The van der Waals surface area contributed by atoms with Crippen LogP contribution >= 0.6 is 0 Å². The van der Waals surface area contributed by atoms with E-state index in [1.54, 1.807) is 17.6 Å². The molecule has 0 aliphatic heterocycles. The van der Waals surface area contributed by atoms with Crippen LogP contribution in [0.3, 0.4) is 0 Å². The molecule has 0 saturated heterocycles. The van der Waals surface area contributed by atoms with Crippen LogP contribution in [-0.2, 0) is 16.2 Å². The second-order valence-electron chi connectivity index (χ2n) is 3.46. The van der Waals surface area contributed by atoms with Gasteiger partial charge in [-0.25, -0.2) is 5.48 Å². The first-order chi connectivity index (χ1) is 8.42. The van der Waals surface area contributed by atoms with Crippen molar-refractivity contribution < 1.29 is 27.5 Å². The van der Waals surface area contributed by atoms with Gasteiger partial charge in [0.25, 0.3) is 5.91 Å². The number of ether oxygens (including phenoxy) is 1. The highest BCUT2D eigenvalue weighted by Gasteiger charge is 2.28. The first-order valence-corrected chi connectivity index (χ1v) is 4.99. The van der Waals surface area contributed by atoms with E-state index in [0.717, 1.165) is 5.56 Å². The quantitative estimate of drug-likeness (QED) is 0.827. The van der Waals surface area contributed by atoms with E-state index in [-0.39, 0.29) is 5.56 Å². The second-order valence-corrected chi connectivity index (χ2v) is 3.46. The van der Waals surface area contributed by atoms with Crippen LogP contribution in [0, 0.1) is 0 Å². The maximum absolute atomic E-state index is 11.8. The van der Waals surface area contributed by atoms with Crippen molar-refractivity contribution in [3.8, 4) is 0 Å². The number of benzene rings is 1. The number of nitrogens with one attached hydrogen (secondary N) is 1. The van der Waals surface area contributed by atoms with E-state index >= 15 is 0 Å². The summed E-state index contributed by atoms with van der Waals surface area (Å²) in [5, 5.41) is 0. The van der Waals surface area contributed by atoms with Crippen LogP contribution in [0.5, 0.6) is 0 Å². The predicted octanol–water partition coefficient (Wildman–Crippen LogP) is 2.06. The summed E-state index contributed by atoms with van der Waals surface area (Å²) >= 11 is 0. The van der Waals surface area contributed by atoms with Crippen molar-refractivity contribution in [3.63, 3.8) is 0 Å². The van der Waals surface area contributed by atoms with Crippen LogP contribution in [0.15, 0.2) is 24.3 Å². The number of rotatable bonds is 5. The monoisotopic (exact) mass is 263 g/mol. The number of hydrogen-bond acceptors (Lipinski definition) is 3. The second kappa shape index (κ2) is 6.36. The molecule has 1 amide bonds. The molecule has 0 heterocycles. The third-order valence-corrected chi connectivity index (χ3v) is 1.93. The number of carbonyl (C=O) groups is 1. The van der Waals surface area contributed by atoms with Gasteiger partial charge < -0.3 is 4.74 Å². The Morgan fingerprint density at radius 1 is 1.28 bits per heavy atom. The standard InChI is InChI=1S/C11H12F3NO3/c1-17-6-8-2-4-9(5-3-8)10(16)15-18-7-11(12,13)14/h2-5H,6-7H2,1H3,(H,15,16). The van der Waals surface area contributed by atoms with Gasteiger partial charge in [-0.15, -0.1) is 0 Å². The number of hydroxylamine groups is 1. The number of carbonyl (C=O) groups excluding carboxylic acids is 1. The number of halogens is 3. The number of hydrogen-bond donors (Lipinski definition) is 1. The van der Waals surface area contributed by atoms with Gasteiger partial charge in [-0.2, -0.15) is 13.2 Å². The van der Waals surface area contributed by atoms with E-state index < -0.39 is 18.7 Å². The van der Waals surface area contributed by atoms with E-state index in [1.807, 2.05) is 0 Å². The van der Waals surface area contributed by atoms with Crippen LogP contribution in [0.25, 0.3) is 0 Å². The highest BCUT2D eigenvalue weighted by atomic mass is 19.4. The lowest BCUT2D eigenvalue weighted by atomic mass is 10.1. The third kappa shape index (κ3) is 5.15. The summed E-state index contributed by atoms with van der Waals surface area (Å²) in [4.78, 5) is 15.4. The minimum Gasteiger partial charge on any atom is -0.380 e. The molecule has 0 bridgehead atoms. The van der Waals surface area contributed by atoms with Crippen LogP contribution in [0.4, 0.5) is 13.2 Å². The Bertz CT molecular complexity index is 390. The Balaban J connectivity index is 2.46. The van der Waals surface area contributed by atoms with Gasteiger partial charge in [-0.3, -0.25) is 9.63 Å². The van der Waals surface area contributed by atoms with Crippen LogP contribution in [-0.4, -0.2) is 25.8 Å². The largest absolute Gasteiger partial charge is 0.414 e. The fourth-order valence-corrected chi connectivity index (χ4v) is 1.16. The zero-order chi connectivity index (χ0) is 13.6. The molecule has 7 heteroatoms. The summed E-state index contributed by atoms with van der Waals surface area (Å²) in [7, 11) is 1.53. The predicted molar refractivity (Wildman–Crippen MR) is 56.6 cm³/mol. The van der Waals surface area contributed by atoms with Crippen molar-refractivity contribution in [2.75, 3.05) is 13.7 Å². The molecule has 18 heavy (non-hydrogen) atoms. The van der Waals surface area contributed by atoms with Crippen LogP contribution < -0.4 is 5.48 Å². The summed E-state index contributed by atoms with van der Waals surface area (Å²) in [6.07, 6.45) is -4.48. The Kier molecular flexibility index (Phi) is 5.11. The fraction of sp³-hybridized carbons (Fsp3) is 0.364. The minimum atomic E-state index is -4.48. The summed E-state index contributed by atoms with van der Waals surface area (Å²) in [6, 6.07) is 6.23. The van der Waals surface area contributed by atoms with E-state index in [4.69, 9.17) is 4.74 Å². The van der Waals surface area contributed by atoms with Crippen molar-refractivity contribution >= 4 is 5.91 Å². The molecule has 0 fully saturated rings. The smallest absolute Gasteiger partial charge is 0.380 e. The van der Waals surface area contributed by atoms with E-state index in [0.29, 0.717) is 6.61 Å². The fourth-order valence-electron chi connectivity index (χ4n) is 1.16. The maximum Gasteiger partial charge on any atom is 0.414 e. The molecule has 1 aromatic carbocycles. The number of amides is 1. The SMILES string of the molecule is COCc1ccc(C(=O)NOCC(F)(F)F)cc1. The summed E-state index contributed by atoms with van der Waals surface area (Å²) in [5.74, 6) is -0.733. The molecule has 0 aliphatic carbocycles. The summed E-state index contributed by atoms with van der Waals surface area (Å²) < 4.78 is 40.1. The summed E-state index contributed by atoms with van der Waals surface area (Å²) in [6.45, 7) is -1.13. The average Bonchev–Trinajstić information content (AvgIpc) is 2.28. The van der Waals surface area contributed by atoms with Gasteiger partial charge >= 0.3 is 6.18 Å². The van der Waals surface area contributed by atoms with E-state index in [9.17, 15) is 18.0 Å². The molecule has 1 rings (SSSR count). The Hall–Kier alpha value is -1.60. The lowest BCUT2D eigenvalue weighted by molar-refractivity contribution is -0.184. The van der Waals surface area contributed by atoms with Crippen molar-refractivity contribution in [1.29, 1.82) is 0 Å². The van der Waals surface area contributed by atoms with Gasteiger partial charge in [-0.1, -0.05) is 12.1 Å². The van der Waals surface area contributed by atoms with Crippen molar-refractivity contribution in [1.82, 2.24) is 5.48 Å². The zero-order valence-corrected chi connectivity index (χ0v) is 9.58. The van der Waals surface area contributed by atoms with Gasteiger partial charge in [0.05, 0.1) is 6.61 Å². The Labute approximate surface area is 102 Å². The van der Waals surface area contributed by atoms with Crippen molar-refractivity contribution in [2.45, 2.75) is 12.8 Å². The van der Waals surface area contributed by atoms with E-state index in [1.165, 1.54) is 19.2 Å². The molecule has 0 spiro atoms. The average molecular weight is 263 g/mol. The molecule has 0 atom stereocenters. The molecule has 0 saturated carbocycles. The van der Waals surface area contributed by atoms with Crippen LogP contribution in [0.2, 0.25) is 0 Å². The molecule has 0 unspecified atom stereocenters. The Morgan fingerprint density at radius 2 is 1.89 bits per heavy atom. The first-order valence-electron chi connectivity index (χ1n) is 4.99. The van der Waals surface area contributed by atoms with Crippen molar-refractivity contribution in [2.24, 2.45) is 0 Å². The molecule has 0 aromatic heterocycles. The van der Waals surface area contributed by atoms with Crippen LogP contribution in [0.1, 0.15) is 15.9 Å². The zero-order valence-electron chi connectivity index (χ0n) is 9.58. The molecule has 1 N–H and O–H groups in total. The minimum absolute atomic E-state index is 0.206. The van der Waals surface area contributed by atoms with Gasteiger partial charge in [0.2, 0.25) is 0 Å². The molecule has 0 aliphatic rings. The molecule has 100 valence electrons. The first kappa shape index (κ1) is 14.5. The maximum atomic E-state index is 11.8. The van der Waals surface area contributed by atoms with Crippen molar-refractivity contribution in [3.05, 3.63) is 35.4 Å². The molecular weight excluding hydrogens is 251 g/mol. The van der Waals surface area contributed by atoms with Gasteiger partial charge in [0.15, 0.2) is 6.61 Å². The highest BCUT2D eigenvalue weighted by Crippen LogP contribution is 2.13. The topological polar surface area (TPSA) is 47.6 Å². The van der Waals surface area contributed by atoms with Gasteiger partial charge in [-0.05, 0) is 17.7 Å². The third-order valence-electron chi connectivity index (χ3n) is 1.93. The van der Waals surface area contributed by atoms with E-state index in [2.05, 4.69) is 4.84 Å². The molecule has 1 aromatic rings. The highest BCUT2D eigenvalue weighted by molar-refractivity contribution is 5.93. The van der Waals surface area contributed by atoms with Gasteiger partial charge in [0.1, 0.15) is 0 Å². The normalized spacial score (nSPS) is 11.3. The number of methoxy groups -OCH3 is 1. The lowest BCUT2D eigenvalue weighted by Gasteiger charge is -2.08. The number of alkyl halides is 3. The lowest BCUT2D eigenvalue weighted by Crippen LogP contribution is -2.29.